The van der Waals surface area contributed by atoms with E-state index in [1.54, 1.807) is 5.57 Å². The Morgan fingerprint density at radius 2 is 2.00 bits per heavy atom. The van der Waals surface area contributed by atoms with Crippen LogP contribution in [0.25, 0.3) is 0 Å². The zero-order chi connectivity index (χ0) is 8.43. The molecule has 0 radical (unpaired) electrons. The van der Waals surface area contributed by atoms with Gasteiger partial charge in [-0.3, -0.25) is 0 Å². The van der Waals surface area contributed by atoms with E-state index in [4.69, 9.17) is 0 Å². The number of hydrogen-bond acceptors (Lipinski definition) is 0. The molecule has 0 spiro atoms. The summed E-state index contributed by atoms with van der Waals surface area (Å²) in [6.07, 6.45) is 5.81. The minimum atomic E-state index is 0.717. The van der Waals surface area contributed by atoms with Crippen LogP contribution in [-0.2, 0) is 0 Å². The summed E-state index contributed by atoms with van der Waals surface area (Å²) >= 11 is 0. The van der Waals surface area contributed by atoms with E-state index in [-0.39, 0.29) is 0 Å². The monoisotopic (exact) mass is 150 g/mol. The molecule has 0 aromatic heterocycles. The summed E-state index contributed by atoms with van der Waals surface area (Å²) in [5.74, 6) is 1.48. The van der Waals surface area contributed by atoms with Gasteiger partial charge in [-0.25, -0.2) is 0 Å². The summed E-state index contributed by atoms with van der Waals surface area (Å²) in [4.78, 5) is 0. The highest BCUT2D eigenvalue weighted by Crippen LogP contribution is 2.29. The van der Waals surface area contributed by atoms with E-state index in [0.717, 1.165) is 5.92 Å². The highest BCUT2D eigenvalue weighted by atomic mass is 14.2. The van der Waals surface area contributed by atoms with Gasteiger partial charge in [0.1, 0.15) is 0 Å². The molecule has 1 atom stereocenters. The first-order valence-corrected chi connectivity index (χ1v) is 4.48. The van der Waals surface area contributed by atoms with Crippen molar-refractivity contribution in [3.05, 3.63) is 23.3 Å². The van der Waals surface area contributed by atoms with Gasteiger partial charge in [0.25, 0.3) is 0 Å². The van der Waals surface area contributed by atoms with Crippen LogP contribution in [-0.4, -0.2) is 0 Å². The van der Waals surface area contributed by atoms with Gasteiger partial charge in [0.2, 0.25) is 0 Å². The van der Waals surface area contributed by atoms with Crippen molar-refractivity contribution in [1.82, 2.24) is 0 Å². The van der Waals surface area contributed by atoms with Crippen LogP contribution < -0.4 is 0 Å². The Balaban J connectivity index is 2.78. The molecule has 0 bridgehead atoms. The quantitative estimate of drug-likeness (QED) is 0.536. The van der Waals surface area contributed by atoms with Crippen molar-refractivity contribution in [3.8, 4) is 0 Å². The molecule has 0 aromatic rings. The molecule has 0 nitrogen and oxygen atoms in total. The first-order chi connectivity index (χ1) is 5.11. The Hall–Kier alpha value is -0.520. The molecule has 1 aliphatic carbocycles. The van der Waals surface area contributed by atoms with Crippen molar-refractivity contribution in [1.29, 1.82) is 0 Å². The highest BCUT2D eigenvalue weighted by Gasteiger charge is 2.14. The fourth-order valence-corrected chi connectivity index (χ4v) is 1.83. The Bertz CT molecular complexity index is 194. The van der Waals surface area contributed by atoms with E-state index < -0.39 is 0 Å². The molecule has 0 fully saturated rings. The molecule has 0 heteroatoms. The molecular formula is C11H18. The summed E-state index contributed by atoms with van der Waals surface area (Å²) in [6, 6.07) is 0. The minimum Gasteiger partial charge on any atom is -0.0727 e. The molecule has 0 saturated heterocycles. The van der Waals surface area contributed by atoms with Gasteiger partial charge in [-0.15, -0.1) is 0 Å². The maximum atomic E-state index is 2.32. The molecule has 0 aromatic carbocycles. The lowest BCUT2D eigenvalue weighted by Crippen LogP contribution is -2.08. The first kappa shape index (κ1) is 8.58. The molecule has 62 valence electrons. The average molecular weight is 150 g/mol. The maximum absolute atomic E-state index is 2.32. The van der Waals surface area contributed by atoms with Crippen LogP contribution in [0.1, 0.15) is 34.1 Å². The summed E-state index contributed by atoms with van der Waals surface area (Å²) in [6.45, 7) is 9.08. The van der Waals surface area contributed by atoms with Crippen LogP contribution in [0.5, 0.6) is 0 Å². The Labute approximate surface area is 70.0 Å². The second-order valence-electron chi connectivity index (χ2n) is 3.94. The molecule has 1 unspecified atom stereocenters. The molecule has 1 rings (SSSR count). The number of hydrogen-bond donors (Lipinski definition) is 0. The average Bonchev–Trinajstić information content (AvgIpc) is 1.85. The third kappa shape index (κ3) is 1.95. The summed E-state index contributed by atoms with van der Waals surface area (Å²) in [5.41, 5.74) is 3.12. The Morgan fingerprint density at radius 3 is 2.45 bits per heavy atom. The number of rotatable bonds is 1. The van der Waals surface area contributed by atoms with E-state index in [1.165, 1.54) is 12.0 Å². The predicted octanol–water partition coefficient (Wildman–Crippen LogP) is 3.55. The Kier molecular flexibility index (Phi) is 2.53. The van der Waals surface area contributed by atoms with Gasteiger partial charge in [-0.1, -0.05) is 44.1 Å². The topological polar surface area (TPSA) is 0 Å². The third-order valence-electron chi connectivity index (χ3n) is 2.42. The van der Waals surface area contributed by atoms with Gasteiger partial charge < -0.3 is 0 Å². The fraction of sp³-hybridized carbons (Fsp3) is 0.636. The molecule has 0 heterocycles. The summed E-state index contributed by atoms with van der Waals surface area (Å²) < 4.78 is 0. The van der Waals surface area contributed by atoms with Crippen LogP contribution in [0.2, 0.25) is 0 Å². The summed E-state index contributed by atoms with van der Waals surface area (Å²) in [7, 11) is 0. The van der Waals surface area contributed by atoms with Crippen molar-refractivity contribution < 1.29 is 0 Å². The lowest BCUT2D eigenvalue weighted by Gasteiger charge is -2.22. The molecule has 11 heavy (non-hydrogen) atoms. The van der Waals surface area contributed by atoms with Crippen LogP contribution >= 0.6 is 0 Å². The van der Waals surface area contributed by atoms with Gasteiger partial charge in [-0.2, -0.15) is 0 Å². The van der Waals surface area contributed by atoms with E-state index in [9.17, 15) is 0 Å². The van der Waals surface area contributed by atoms with Crippen molar-refractivity contribution in [2.45, 2.75) is 34.1 Å². The normalized spacial score (nSPS) is 25.0. The van der Waals surface area contributed by atoms with Crippen LogP contribution in [0.15, 0.2) is 23.3 Å². The van der Waals surface area contributed by atoms with Crippen molar-refractivity contribution in [3.63, 3.8) is 0 Å². The van der Waals surface area contributed by atoms with Crippen molar-refractivity contribution >= 4 is 0 Å². The molecule has 0 saturated carbocycles. The van der Waals surface area contributed by atoms with Crippen LogP contribution in [0, 0.1) is 11.8 Å². The lowest BCUT2D eigenvalue weighted by molar-refractivity contribution is 0.571. The molecular weight excluding hydrogens is 132 g/mol. The molecule has 0 aliphatic heterocycles. The van der Waals surface area contributed by atoms with E-state index in [0.29, 0.717) is 5.92 Å². The minimum absolute atomic E-state index is 0.717. The van der Waals surface area contributed by atoms with E-state index in [2.05, 4.69) is 39.8 Å². The van der Waals surface area contributed by atoms with E-state index >= 15 is 0 Å². The predicted molar refractivity (Wildman–Crippen MR) is 50.5 cm³/mol. The molecule has 0 amide bonds. The van der Waals surface area contributed by atoms with Gasteiger partial charge in [-0.05, 0) is 25.2 Å². The second-order valence-corrected chi connectivity index (χ2v) is 3.94. The van der Waals surface area contributed by atoms with Gasteiger partial charge in [0.05, 0.1) is 0 Å². The van der Waals surface area contributed by atoms with Crippen molar-refractivity contribution in [2.75, 3.05) is 0 Å². The molecule has 1 aliphatic rings. The fourth-order valence-electron chi connectivity index (χ4n) is 1.83. The number of allylic oxidation sites excluding steroid dienone is 4. The molecule has 0 N–H and O–H groups in total. The largest absolute Gasteiger partial charge is 0.0727 e. The van der Waals surface area contributed by atoms with Crippen LogP contribution in [0.3, 0.4) is 0 Å². The maximum Gasteiger partial charge on any atom is -0.0189 e. The zero-order valence-corrected chi connectivity index (χ0v) is 8.02. The third-order valence-corrected chi connectivity index (χ3v) is 2.42. The van der Waals surface area contributed by atoms with Gasteiger partial charge in [0.15, 0.2) is 0 Å². The van der Waals surface area contributed by atoms with Gasteiger partial charge >= 0.3 is 0 Å². The standard InChI is InChI=1S/C11H18/c1-8(2)11-6-5-9(3)7-10(11)4/h5-6,8,10H,7H2,1-4H3. The van der Waals surface area contributed by atoms with Gasteiger partial charge in [0, 0.05) is 0 Å². The van der Waals surface area contributed by atoms with Crippen molar-refractivity contribution in [2.24, 2.45) is 11.8 Å². The zero-order valence-electron chi connectivity index (χ0n) is 8.02. The lowest BCUT2D eigenvalue weighted by atomic mass is 9.83. The first-order valence-electron chi connectivity index (χ1n) is 4.48. The Morgan fingerprint density at radius 1 is 1.36 bits per heavy atom. The highest BCUT2D eigenvalue weighted by molar-refractivity contribution is 5.25. The second kappa shape index (κ2) is 3.25. The van der Waals surface area contributed by atoms with E-state index in [1.807, 2.05) is 0 Å². The van der Waals surface area contributed by atoms with Crippen LogP contribution in [0.4, 0.5) is 0 Å². The smallest absolute Gasteiger partial charge is 0.0189 e. The SMILES string of the molecule is CC1=CC=C(C(C)C)C(C)C1. The summed E-state index contributed by atoms with van der Waals surface area (Å²) in [5, 5.41) is 0.